The molecule has 1 spiro atoms. The number of benzene rings is 1. The van der Waals surface area contributed by atoms with Crippen molar-refractivity contribution in [3.63, 3.8) is 0 Å². The Morgan fingerprint density at radius 2 is 1.97 bits per heavy atom. The summed E-state index contributed by atoms with van der Waals surface area (Å²) in [4.78, 5) is 0. The van der Waals surface area contributed by atoms with Gasteiger partial charge in [-0.1, -0.05) is 18.2 Å². The maximum atomic E-state index is 12.8. The van der Waals surface area contributed by atoms with Crippen LogP contribution in [0.1, 0.15) is 30.4 Å². The summed E-state index contributed by atoms with van der Waals surface area (Å²) >= 11 is 0. The molecule has 1 saturated carbocycles. The number of halogens is 3. The lowest BCUT2D eigenvalue weighted by molar-refractivity contribution is -0.248. The molecule has 1 aromatic carbocycles. The zero-order valence-corrected chi connectivity index (χ0v) is 17.4. The fourth-order valence-corrected chi connectivity index (χ4v) is 5.96. The molecule has 1 aromatic rings. The Morgan fingerprint density at radius 3 is 2.65 bits per heavy atom. The average molecular weight is 462 g/mol. The van der Waals surface area contributed by atoms with Crippen molar-refractivity contribution in [2.75, 3.05) is 26.9 Å². The predicted molar refractivity (Wildman–Crippen MR) is 101 cm³/mol. The summed E-state index contributed by atoms with van der Waals surface area (Å²) < 4.78 is 89.5. The highest BCUT2D eigenvalue weighted by Crippen LogP contribution is 2.64. The van der Waals surface area contributed by atoms with Crippen LogP contribution in [-0.4, -0.2) is 52.7 Å². The highest BCUT2D eigenvalue weighted by molar-refractivity contribution is 7.87. The van der Waals surface area contributed by atoms with Gasteiger partial charge in [0.25, 0.3) is 0 Å². The molecule has 0 aromatic heterocycles. The average Bonchev–Trinajstić information content (AvgIpc) is 3.32. The summed E-state index contributed by atoms with van der Waals surface area (Å²) in [5.41, 5.74) is -4.75. The molecular formula is C20H21F3O7S. The predicted octanol–water partition coefficient (Wildman–Crippen LogP) is 3.13. The van der Waals surface area contributed by atoms with Crippen molar-refractivity contribution in [1.82, 2.24) is 0 Å². The third-order valence-corrected chi connectivity index (χ3v) is 7.77. The maximum absolute atomic E-state index is 12.8. The van der Waals surface area contributed by atoms with Crippen molar-refractivity contribution in [2.24, 2.45) is 5.92 Å². The van der Waals surface area contributed by atoms with Crippen LogP contribution in [0.3, 0.4) is 0 Å². The van der Waals surface area contributed by atoms with E-state index in [0.29, 0.717) is 37.6 Å². The van der Waals surface area contributed by atoms with Crippen molar-refractivity contribution in [1.29, 1.82) is 0 Å². The Labute approximate surface area is 177 Å². The molecule has 0 amide bonds. The van der Waals surface area contributed by atoms with Gasteiger partial charge in [-0.15, -0.1) is 0 Å². The number of fused-ring (bicyclic) bond motifs is 1. The normalized spacial score (nSPS) is 30.3. The molecule has 2 aliphatic carbocycles. The van der Waals surface area contributed by atoms with Gasteiger partial charge < -0.3 is 18.9 Å². The molecule has 0 bridgehead atoms. The first kappa shape index (κ1) is 21.0. The smallest absolute Gasteiger partial charge is 0.493 e. The molecule has 2 heterocycles. The van der Waals surface area contributed by atoms with E-state index in [1.165, 1.54) is 7.11 Å². The van der Waals surface area contributed by atoms with Crippen LogP contribution in [0.4, 0.5) is 13.2 Å². The summed E-state index contributed by atoms with van der Waals surface area (Å²) in [5.74, 6) is -0.211. The van der Waals surface area contributed by atoms with Crippen LogP contribution >= 0.6 is 0 Å². The molecule has 0 N–H and O–H groups in total. The second-order valence-corrected chi connectivity index (χ2v) is 9.69. The summed E-state index contributed by atoms with van der Waals surface area (Å²) in [7, 11) is -4.20. The number of ether oxygens (including phenoxy) is 4. The number of methoxy groups -OCH3 is 1. The fraction of sp³-hybridized carbons (Fsp3) is 0.600. The zero-order valence-electron chi connectivity index (χ0n) is 16.6. The lowest BCUT2D eigenvalue weighted by Crippen LogP contribution is -2.62. The molecule has 4 aliphatic rings. The van der Waals surface area contributed by atoms with Crippen molar-refractivity contribution in [3.05, 3.63) is 29.3 Å². The van der Waals surface area contributed by atoms with Gasteiger partial charge in [0.15, 0.2) is 17.6 Å². The second-order valence-electron chi connectivity index (χ2n) is 8.08. The number of alkyl halides is 3. The van der Waals surface area contributed by atoms with E-state index >= 15 is 0 Å². The van der Waals surface area contributed by atoms with Crippen LogP contribution < -0.4 is 9.47 Å². The van der Waals surface area contributed by atoms with E-state index < -0.39 is 39.5 Å². The number of allylic oxidation sites excluding steroid dienone is 1. The van der Waals surface area contributed by atoms with Gasteiger partial charge in [-0.2, -0.15) is 21.6 Å². The Bertz CT molecular complexity index is 1030. The maximum Gasteiger partial charge on any atom is 0.523 e. The van der Waals surface area contributed by atoms with Gasteiger partial charge in [0.05, 0.1) is 32.3 Å². The monoisotopic (exact) mass is 462 g/mol. The summed E-state index contributed by atoms with van der Waals surface area (Å²) in [6.45, 7) is 0.0870. The molecule has 7 nitrogen and oxygen atoms in total. The third-order valence-electron chi connectivity index (χ3n) is 6.73. The van der Waals surface area contributed by atoms with Gasteiger partial charge in [-0.3, -0.25) is 4.18 Å². The van der Waals surface area contributed by atoms with Crippen LogP contribution in [0.5, 0.6) is 11.5 Å². The first-order valence-corrected chi connectivity index (χ1v) is 11.4. The molecule has 31 heavy (non-hydrogen) atoms. The molecule has 3 atom stereocenters. The second kappa shape index (κ2) is 6.84. The van der Waals surface area contributed by atoms with Gasteiger partial charge in [0, 0.05) is 12.0 Å². The summed E-state index contributed by atoms with van der Waals surface area (Å²) in [6.07, 6.45) is 4.42. The van der Waals surface area contributed by atoms with Crippen molar-refractivity contribution < 1.29 is 44.7 Å². The minimum Gasteiger partial charge on any atom is -0.493 e. The Kier molecular flexibility index (Phi) is 4.64. The minimum absolute atomic E-state index is 0.0242. The highest BCUT2D eigenvalue weighted by Gasteiger charge is 2.68. The van der Waals surface area contributed by atoms with E-state index in [1.807, 2.05) is 18.2 Å². The van der Waals surface area contributed by atoms with E-state index in [4.69, 9.17) is 18.9 Å². The molecule has 11 heteroatoms. The quantitative estimate of drug-likeness (QED) is 0.491. The summed E-state index contributed by atoms with van der Waals surface area (Å²) in [5, 5.41) is 0. The molecule has 5 rings (SSSR count). The lowest BCUT2D eigenvalue weighted by atomic mass is 9.56. The lowest BCUT2D eigenvalue weighted by Gasteiger charge is -2.52. The third kappa shape index (κ3) is 2.86. The SMILES string of the molecule is COc1ccc2c3c1O[C@H]1C4(CC[C@@H](C=C2)[C@@]31CCOS(=O)(=O)C(F)(F)F)OCCO4. The van der Waals surface area contributed by atoms with Crippen LogP contribution in [0.15, 0.2) is 18.2 Å². The molecule has 0 unspecified atom stereocenters. The Balaban J connectivity index is 1.59. The number of rotatable bonds is 5. The zero-order chi connectivity index (χ0) is 22.1. The van der Waals surface area contributed by atoms with Crippen LogP contribution in [-0.2, 0) is 29.2 Å². The van der Waals surface area contributed by atoms with E-state index in [0.717, 1.165) is 11.1 Å². The van der Waals surface area contributed by atoms with Gasteiger partial charge in [-0.05, 0) is 30.4 Å². The molecule has 170 valence electrons. The van der Waals surface area contributed by atoms with Crippen molar-refractivity contribution >= 4 is 16.2 Å². The van der Waals surface area contributed by atoms with Crippen molar-refractivity contribution in [3.8, 4) is 11.5 Å². The minimum atomic E-state index is -5.70. The van der Waals surface area contributed by atoms with E-state index in [9.17, 15) is 21.6 Å². The van der Waals surface area contributed by atoms with Gasteiger partial charge in [-0.25, -0.2) is 0 Å². The van der Waals surface area contributed by atoms with Crippen LogP contribution in [0.25, 0.3) is 6.08 Å². The standard InChI is InChI=1S/C20H21F3O7S/c1-26-14-5-3-12-2-4-13-6-7-19(27-10-11-28-19)17-18(13,15(12)16(14)30-17)8-9-29-31(24,25)20(21,22)23/h2-5,13,17H,6-11H2,1H3/t13-,17-,18+/m1/s1. The van der Waals surface area contributed by atoms with Gasteiger partial charge in [0.2, 0.25) is 5.79 Å². The highest BCUT2D eigenvalue weighted by atomic mass is 32.2. The molecule has 2 aliphatic heterocycles. The van der Waals surface area contributed by atoms with Gasteiger partial charge >= 0.3 is 15.6 Å². The molecule has 2 fully saturated rings. The van der Waals surface area contributed by atoms with E-state index in [-0.39, 0.29) is 12.3 Å². The first-order valence-electron chi connectivity index (χ1n) is 9.94. The first-order chi connectivity index (χ1) is 14.6. The topological polar surface area (TPSA) is 80.3 Å². The molecular weight excluding hydrogens is 441 g/mol. The van der Waals surface area contributed by atoms with Crippen molar-refractivity contribution in [2.45, 2.75) is 42.1 Å². The van der Waals surface area contributed by atoms with Crippen LogP contribution in [0.2, 0.25) is 0 Å². The molecule has 1 saturated heterocycles. The van der Waals surface area contributed by atoms with E-state index in [1.54, 1.807) is 6.07 Å². The van der Waals surface area contributed by atoms with E-state index in [2.05, 4.69) is 4.18 Å². The number of hydrogen-bond donors (Lipinski definition) is 0. The fourth-order valence-electron chi connectivity index (χ4n) is 5.52. The van der Waals surface area contributed by atoms with Gasteiger partial charge in [0.1, 0.15) is 0 Å². The number of hydrogen-bond acceptors (Lipinski definition) is 7. The largest absolute Gasteiger partial charge is 0.523 e. The summed E-state index contributed by atoms with van der Waals surface area (Å²) in [6, 6.07) is 3.61. The Hall–Kier alpha value is -1.82. The molecule has 0 radical (unpaired) electrons. The van der Waals surface area contributed by atoms with Crippen LogP contribution in [0, 0.1) is 5.92 Å². The Morgan fingerprint density at radius 1 is 1.23 bits per heavy atom.